The number of aliphatic carboxylic acids is 1. The predicted molar refractivity (Wildman–Crippen MR) is 73.2 cm³/mol. The molecule has 2 rings (SSSR count). The quantitative estimate of drug-likeness (QED) is 0.664. The molecule has 2 aliphatic rings. The Morgan fingerprint density at radius 2 is 1.67 bits per heavy atom. The van der Waals surface area contributed by atoms with Gasteiger partial charge in [0, 0.05) is 6.54 Å². The zero-order valence-electron chi connectivity index (χ0n) is 11.3. The highest BCUT2D eigenvalue weighted by Crippen LogP contribution is 2.24. The topological polar surface area (TPSA) is 126 Å². The Morgan fingerprint density at radius 1 is 1.05 bits per heavy atom. The van der Waals surface area contributed by atoms with Crippen LogP contribution in [0.4, 0.5) is 0 Å². The first-order valence-corrected chi connectivity index (χ1v) is 10.2. The first kappa shape index (κ1) is 16.2. The van der Waals surface area contributed by atoms with Crippen LogP contribution in [0.1, 0.15) is 12.8 Å². The van der Waals surface area contributed by atoms with E-state index in [0.29, 0.717) is 0 Å². The number of carboxylic acids is 1. The van der Waals surface area contributed by atoms with Crippen molar-refractivity contribution < 1.29 is 31.5 Å². The van der Waals surface area contributed by atoms with E-state index in [4.69, 9.17) is 5.11 Å². The van der Waals surface area contributed by atoms with Crippen molar-refractivity contribution in [3.05, 3.63) is 0 Å². The van der Waals surface area contributed by atoms with E-state index in [1.165, 1.54) is 4.90 Å². The first-order chi connectivity index (χ1) is 9.60. The second-order valence-electron chi connectivity index (χ2n) is 5.50. The highest BCUT2D eigenvalue weighted by atomic mass is 32.2. The van der Waals surface area contributed by atoms with Crippen molar-refractivity contribution >= 4 is 31.6 Å². The summed E-state index contributed by atoms with van der Waals surface area (Å²) >= 11 is 0. The molecule has 0 saturated carbocycles. The number of carboxylic acid groups (broad SMARTS) is 1. The van der Waals surface area contributed by atoms with Gasteiger partial charge in [0.05, 0.1) is 41.4 Å². The summed E-state index contributed by atoms with van der Waals surface area (Å²) in [6, 6.07) is -0.919. The summed E-state index contributed by atoms with van der Waals surface area (Å²) in [7, 11) is -6.59. The molecule has 0 bridgehead atoms. The number of amides is 1. The van der Waals surface area contributed by atoms with Gasteiger partial charge in [-0.3, -0.25) is 9.59 Å². The third kappa shape index (κ3) is 3.94. The molecule has 2 saturated heterocycles. The number of hydrogen-bond acceptors (Lipinski definition) is 6. The van der Waals surface area contributed by atoms with E-state index in [1.807, 2.05) is 0 Å². The smallest absolute Gasteiger partial charge is 0.305 e. The van der Waals surface area contributed by atoms with Crippen molar-refractivity contribution in [3.8, 4) is 0 Å². The number of carbonyl (C=O) groups excluding carboxylic acids is 1. The molecule has 2 heterocycles. The molecule has 0 aliphatic carbocycles. The highest BCUT2D eigenvalue weighted by molar-refractivity contribution is 7.91. The van der Waals surface area contributed by atoms with Crippen LogP contribution in [0.5, 0.6) is 0 Å². The fraction of sp³-hybridized carbons (Fsp3) is 0.818. The Balaban J connectivity index is 2.16. The first-order valence-electron chi connectivity index (χ1n) is 6.53. The summed E-state index contributed by atoms with van der Waals surface area (Å²) in [6.45, 7) is -0.0737. The maximum absolute atomic E-state index is 12.4. The van der Waals surface area contributed by atoms with Gasteiger partial charge in [-0.2, -0.15) is 0 Å². The summed E-state index contributed by atoms with van der Waals surface area (Å²) in [5.41, 5.74) is 0. The molecular formula is C11H17NO7S2. The van der Waals surface area contributed by atoms with Crippen LogP contribution in [0.2, 0.25) is 0 Å². The van der Waals surface area contributed by atoms with Crippen LogP contribution >= 0.6 is 0 Å². The lowest BCUT2D eigenvalue weighted by Gasteiger charge is -2.36. The molecule has 0 aromatic carbocycles. The van der Waals surface area contributed by atoms with Crippen LogP contribution in [0.25, 0.3) is 0 Å². The number of carbonyl (C=O) groups is 2. The average Bonchev–Trinajstić information content (AvgIpc) is 2.67. The summed E-state index contributed by atoms with van der Waals surface area (Å²) in [4.78, 5) is 24.4. The molecule has 0 radical (unpaired) electrons. The van der Waals surface area contributed by atoms with Gasteiger partial charge in [-0.1, -0.05) is 0 Å². The van der Waals surface area contributed by atoms with Gasteiger partial charge in [-0.25, -0.2) is 16.8 Å². The molecule has 0 aromatic heterocycles. The monoisotopic (exact) mass is 339 g/mol. The Hall–Kier alpha value is -1.16. The Labute approximate surface area is 123 Å². The van der Waals surface area contributed by atoms with Crippen LogP contribution in [0, 0.1) is 5.92 Å². The predicted octanol–water partition coefficient (Wildman–Crippen LogP) is -1.48. The van der Waals surface area contributed by atoms with Gasteiger partial charge in [-0.05, 0) is 6.42 Å². The van der Waals surface area contributed by atoms with Gasteiger partial charge in [0.2, 0.25) is 5.91 Å². The standard InChI is InChI=1S/C11H17NO7S2/c13-10(14)5-9-7-21(18,19)4-2-12(9)11(15)8-1-3-20(16,17)6-8/h8-9H,1-7H2,(H,13,14). The van der Waals surface area contributed by atoms with Gasteiger partial charge in [-0.15, -0.1) is 0 Å². The molecule has 120 valence electrons. The zero-order chi connectivity index (χ0) is 15.8. The molecule has 2 unspecified atom stereocenters. The highest BCUT2D eigenvalue weighted by Gasteiger charge is 2.41. The summed E-state index contributed by atoms with van der Waals surface area (Å²) < 4.78 is 46.1. The number of nitrogens with zero attached hydrogens (tertiary/aromatic N) is 1. The lowest BCUT2D eigenvalue weighted by atomic mass is 10.1. The molecule has 1 amide bonds. The lowest BCUT2D eigenvalue weighted by molar-refractivity contribution is -0.141. The van der Waals surface area contributed by atoms with Gasteiger partial charge in [0.15, 0.2) is 19.7 Å². The molecular weight excluding hydrogens is 322 g/mol. The second-order valence-corrected chi connectivity index (χ2v) is 9.96. The van der Waals surface area contributed by atoms with Crippen LogP contribution < -0.4 is 0 Å². The van der Waals surface area contributed by atoms with Gasteiger partial charge in [0.1, 0.15) is 0 Å². The maximum atomic E-state index is 12.4. The van der Waals surface area contributed by atoms with Gasteiger partial charge < -0.3 is 10.0 Å². The van der Waals surface area contributed by atoms with Crippen molar-refractivity contribution in [3.63, 3.8) is 0 Å². The van der Waals surface area contributed by atoms with E-state index in [9.17, 15) is 26.4 Å². The number of sulfone groups is 2. The van der Waals surface area contributed by atoms with Crippen LogP contribution in [-0.4, -0.2) is 74.3 Å². The van der Waals surface area contributed by atoms with E-state index < -0.39 is 49.9 Å². The molecule has 2 atom stereocenters. The summed E-state index contributed by atoms with van der Waals surface area (Å²) in [6.07, 6.45) is -0.241. The second kappa shape index (κ2) is 5.56. The average molecular weight is 339 g/mol. The van der Waals surface area contributed by atoms with Crippen molar-refractivity contribution in [2.75, 3.05) is 29.6 Å². The minimum atomic E-state index is -3.37. The van der Waals surface area contributed by atoms with Crippen molar-refractivity contribution in [2.24, 2.45) is 5.92 Å². The molecule has 0 spiro atoms. The molecule has 21 heavy (non-hydrogen) atoms. The minimum Gasteiger partial charge on any atom is -0.481 e. The van der Waals surface area contributed by atoms with E-state index in [0.717, 1.165) is 0 Å². The fourth-order valence-corrected chi connectivity index (χ4v) is 6.03. The third-order valence-electron chi connectivity index (χ3n) is 3.81. The maximum Gasteiger partial charge on any atom is 0.305 e. The molecule has 8 nitrogen and oxygen atoms in total. The van der Waals surface area contributed by atoms with Crippen molar-refractivity contribution in [2.45, 2.75) is 18.9 Å². The summed E-state index contributed by atoms with van der Waals surface area (Å²) in [5.74, 6) is -3.22. The van der Waals surface area contributed by atoms with E-state index in [-0.39, 0.29) is 36.0 Å². The summed E-state index contributed by atoms with van der Waals surface area (Å²) in [5, 5.41) is 8.86. The largest absolute Gasteiger partial charge is 0.481 e. The van der Waals surface area contributed by atoms with Crippen molar-refractivity contribution in [1.29, 1.82) is 0 Å². The molecule has 0 aromatic rings. The van der Waals surface area contributed by atoms with E-state index >= 15 is 0 Å². The molecule has 1 N–H and O–H groups in total. The van der Waals surface area contributed by atoms with Crippen LogP contribution in [-0.2, 0) is 29.3 Å². The Kier molecular flexibility index (Phi) is 4.29. The van der Waals surface area contributed by atoms with Crippen LogP contribution in [0.3, 0.4) is 0 Å². The normalized spacial score (nSPS) is 31.0. The Bertz CT molecular complexity index is 652. The fourth-order valence-electron chi connectivity index (χ4n) is 2.77. The molecule has 2 aliphatic heterocycles. The molecule has 2 fully saturated rings. The van der Waals surface area contributed by atoms with Crippen LogP contribution in [0.15, 0.2) is 0 Å². The SMILES string of the molecule is O=C(O)CC1CS(=O)(=O)CCN1C(=O)C1CCS(=O)(=O)C1. The van der Waals surface area contributed by atoms with Gasteiger partial charge >= 0.3 is 5.97 Å². The third-order valence-corrected chi connectivity index (χ3v) is 7.27. The van der Waals surface area contributed by atoms with Crippen molar-refractivity contribution in [1.82, 2.24) is 4.90 Å². The van der Waals surface area contributed by atoms with E-state index in [1.54, 1.807) is 0 Å². The number of hydrogen-bond donors (Lipinski definition) is 1. The van der Waals surface area contributed by atoms with E-state index in [2.05, 4.69) is 0 Å². The number of rotatable bonds is 3. The zero-order valence-corrected chi connectivity index (χ0v) is 12.9. The van der Waals surface area contributed by atoms with Gasteiger partial charge in [0.25, 0.3) is 0 Å². The molecule has 10 heteroatoms. The Morgan fingerprint density at radius 3 is 2.19 bits per heavy atom. The lowest BCUT2D eigenvalue weighted by Crippen LogP contribution is -2.53. The minimum absolute atomic E-state index is 0.0564.